The van der Waals surface area contributed by atoms with Gasteiger partial charge in [0.15, 0.2) is 0 Å². The third kappa shape index (κ3) is 4.25. The number of carbonyl (C=O) groups is 1. The minimum absolute atomic E-state index is 0.00635. The predicted octanol–water partition coefficient (Wildman–Crippen LogP) is 3.70. The molecule has 1 heterocycles. The van der Waals surface area contributed by atoms with Crippen molar-refractivity contribution in [2.75, 3.05) is 0 Å². The number of nitrogens with zero attached hydrogens (tertiary/aromatic N) is 3. The maximum Gasteiger partial charge on any atom is 0.312 e. The average Bonchev–Trinajstić information content (AvgIpc) is 2.99. The molecule has 1 N–H and O–H groups in total. The lowest BCUT2D eigenvalue weighted by Crippen LogP contribution is -2.30. The molecule has 1 amide bonds. The van der Waals surface area contributed by atoms with Gasteiger partial charge in [0.25, 0.3) is 0 Å². The Labute approximate surface area is 163 Å². The standard InChI is InChI=1S/C21H22N4O3/c1-15-21(25(27)28)16(2)24(23-15)14-13-19(26)22-20(17-9-5-3-6-10-17)18-11-7-4-8-12-18/h3-12,20H,13-14H2,1-2H3,(H,22,26). The molecule has 0 aliphatic rings. The summed E-state index contributed by atoms with van der Waals surface area (Å²) in [6, 6.07) is 19.3. The highest BCUT2D eigenvalue weighted by Gasteiger charge is 2.22. The molecule has 0 radical (unpaired) electrons. The van der Waals surface area contributed by atoms with Crippen molar-refractivity contribution in [2.45, 2.75) is 32.9 Å². The first kappa shape index (κ1) is 19.3. The van der Waals surface area contributed by atoms with Gasteiger partial charge in [-0.25, -0.2) is 0 Å². The molecular formula is C21H22N4O3. The van der Waals surface area contributed by atoms with E-state index in [0.717, 1.165) is 11.1 Å². The SMILES string of the molecule is Cc1nn(CCC(=O)NC(c2ccccc2)c2ccccc2)c(C)c1[N+](=O)[O-]. The number of hydrogen-bond acceptors (Lipinski definition) is 4. The highest BCUT2D eigenvalue weighted by atomic mass is 16.6. The Balaban J connectivity index is 1.73. The zero-order chi connectivity index (χ0) is 20.1. The highest BCUT2D eigenvalue weighted by molar-refractivity contribution is 5.77. The summed E-state index contributed by atoms with van der Waals surface area (Å²) in [5, 5.41) is 18.4. The normalized spacial score (nSPS) is 10.8. The molecule has 0 saturated heterocycles. The van der Waals surface area contributed by atoms with Gasteiger partial charge in [-0.1, -0.05) is 60.7 Å². The number of aryl methyl sites for hydroxylation is 2. The van der Waals surface area contributed by atoms with Crippen LogP contribution in [-0.2, 0) is 11.3 Å². The smallest absolute Gasteiger partial charge is 0.312 e. The molecule has 0 spiro atoms. The lowest BCUT2D eigenvalue weighted by molar-refractivity contribution is -0.386. The van der Waals surface area contributed by atoms with Gasteiger partial charge in [-0.15, -0.1) is 0 Å². The summed E-state index contributed by atoms with van der Waals surface area (Å²) in [7, 11) is 0. The van der Waals surface area contributed by atoms with Gasteiger partial charge in [-0.3, -0.25) is 19.6 Å². The van der Waals surface area contributed by atoms with Gasteiger partial charge in [-0.2, -0.15) is 5.10 Å². The number of nitrogens with one attached hydrogen (secondary N) is 1. The Morgan fingerprint density at radius 1 is 1.07 bits per heavy atom. The molecule has 1 aromatic heterocycles. The molecule has 3 rings (SSSR count). The van der Waals surface area contributed by atoms with E-state index in [4.69, 9.17) is 0 Å². The summed E-state index contributed by atoms with van der Waals surface area (Å²) in [6.45, 7) is 3.53. The average molecular weight is 378 g/mol. The molecule has 2 aromatic carbocycles. The second-order valence-corrected chi connectivity index (χ2v) is 6.57. The van der Waals surface area contributed by atoms with Gasteiger partial charge < -0.3 is 5.32 Å². The summed E-state index contributed by atoms with van der Waals surface area (Å²) in [5.41, 5.74) is 2.80. The fourth-order valence-electron chi connectivity index (χ4n) is 3.26. The Hall–Kier alpha value is -3.48. The first-order valence-electron chi connectivity index (χ1n) is 9.05. The molecule has 0 bridgehead atoms. The van der Waals surface area contributed by atoms with Crippen LogP contribution in [0.2, 0.25) is 0 Å². The Kier molecular flexibility index (Phi) is 5.84. The molecule has 0 fully saturated rings. The summed E-state index contributed by atoms with van der Waals surface area (Å²) in [4.78, 5) is 23.3. The number of amides is 1. The summed E-state index contributed by atoms with van der Waals surface area (Å²) < 4.78 is 1.52. The van der Waals surface area contributed by atoms with Crippen molar-refractivity contribution in [2.24, 2.45) is 0 Å². The topological polar surface area (TPSA) is 90.1 Å². The second-order valence-electron chi connectivity index (χ2n) is 6.57. The van der Waals surface area contributed by atoms with Gasteiger partial charge in [-0.05, 0) is 25.0 Å². The lowest BCUT2D eigenvalue weighted by atomic mass is 9.98. The van der Waals surface area contributed by atoms with Crippen LogP contribution in [0.4, 0.5) is 5.69 Å². The molecule has 7 nitrogen and oxygen atoms in total. The van der Waals surface area contributed by atoms with E-state index in [1.165, 1.54) is 4.68 Å². The molecule has 0 atom stereocenters. The summed E-state index contributed by atoms with van der Waals surface area (Å²) in [6.07, 6.45) is 0.176. The van der Waals surface area contributed by atoms with Crippen LogP contribution in [0.5, 0.6) is 0 Å². The first-order chi connectivity index (χ1) is 13.5. The lowest BCUT2D eigenvalue weighted by Gasteiger charge is -2.20. The quantitative estimate of drug-likeness (QED) is 0.501. The van der Waals surface area contributed by atoms with Crippen molar-refractivity contribution in [3.8, 4) is 0 Å². The highest BCUT2D eigenvalue weighted by Crippen LogP contribution is 2.23. The maximum absolute atomic E-state index is 12.6. The summed E-state index contributed by atoms with van der Waals surface area (Å²) in [5.74, 6) is -0.145. The number of aromatic nitrogens is 2. The van der Waals surface area contributed by atoms with Crippen molar-refractivity contribution in [3.63, 3.8) is 0 Å². The van der Waals surface area contributed by atoms with E-state index in [1.54, 1.807) is 13.8 Å². The molecule has 0 saturated carbocycles. The van der Waals surface area contributed by atoms with Crippen molar-refractivity contribution in [3.05, 3.63) is 93.3 Å². The molecule has 0 aliphatic carbocycles. The van der Waals surface area contributed by atoms with Crippen LogP contribution >= 0.6 is 0 Å². The van der Waals surface area contributed by atoms with Gasteiger partial charge in [0.2, 0.25) is 5.91 Å². The van der Waals surface area contributed by atoms with Crippen molar-refractivity contribution in [1.82, 2.24) is 15.1 Å². The fourth-order valence-corrected chi connectivity index (χ4v) is 3.26. The Morgan fingerprint density at radius 3 is 2.07 bits per heavy atom. The number of rotatable bonds is 7. The fraction of sp³-hybridized carbons (Fsp3) is 0.238. The predicted molar refractivity (Wildman–Crippen MR) is 106 cm³/mol. The molecule has 0 aliphatic heterocycles. The number of hydrogen-bond donors (Lipinski definition) is 1. The Morgan fingerprint density at radius 2 is 1.61 bits per heavy atom. The zero-order valence-electron chi connectivity index (χ0n) is 15.8. The van der Waals surface area contributed by atoms with Crippen LogP contribution in [0.1, 0.15) is 35.0 Å². The minimum atomic E-state index is -0.435. The number of benzene rings is 2. The van der Waals surface area contributed by atoms with Crippen LogP contribution in [0.15, 0.2) is 60.7 Å². The first-order valence-corrected chi connectivity index (χ1v) is 9.05. The molecular weight excluding hydrogens is 356 g/mol. The third-order valence-corrected chi connectivity index (χ3v) is 4.65. The number of carbonyl (C=O) groups excluding carboxylic acids is 1. The van der Waals surface area contributed by atoms with E-state index in [-0.39, 0.29) is 30.6 Å². The van der Waals surface area contributed by atoms with Crippen molar-refractivity contribution >= 4 is 11.6 Å². The van der Waals surface area contributed by atoms with Gasteiger partial charge in [0.1, 0.15) is 11.4 Å². The van der Waals surface area contributed by atoms with Gasteiger partial charge >= 0.3 is 5.69 Å². The van der Waals surface area contributed by atoms with Crippen LogP contribution in [0.3, 0.4) is 0 Å². The second kappa shape index (κ2) is 8.47. The van der Waals surface area contributed by atoms with Gasteiger partial charge in [0, 0.05) is 6.42 Å². The largest absolute Gasteiger partial charge is 0.345 e. The molecule has 3 aromatic rings. The molecule has 7 heteroatoms. The van der Waals surface area contributed by atoms with Crippen molar-refractivity contribution in [1.29, 1.82) is 0 Å². The van der Waals surface area contributed by atoms with E-state index < -0.39 is 4.92 Å². The van der Waals surface area contributed by atoms with Gasteiger partial charge in [0.05, 0.1) is 17.5 Å². The van der Waals surface area contributed by atoms with Crippen LogP contribution in [-0.4, -0.2) is 20.6 Å². The van der Waals surface area contributed by atoms with Crippen molar-refractivity contribution < 1.29 is 9.72 Å². The number of nitro groups is 1. The van der Waals surface area contributed by atoms with E-state index in [9.17, 15) is 14.9 Å². The van der Waals surface area contributed by atoms with Crippen LogP contribution < -0.4 is 5.32 Å². The summed E-state index contributed by atoms with van der Waals surface area (Å²) >= 11 is 0. The molecule has 0 unspecified atom stereocenters. The van der Waals surface area contributed by atoms with Crippen LogP contribution in [0.25, 0.3) is 0 Å². The van der Waals surface area contributed by atoms with E-state index in [1.807, 2.05) is 60.7 Å². The molecule has 28 heavy (non-hydrogen) atoms. The third-order valence-electron chi connectivity index (χ3n) is 4.65. The van der Waals surface area contributed by atoms with E-state index >= 15 is 0 Å². The maximum atomic E-state index is 12.6. The van der Waals surface area contributed by atoms with E-state index in [0.29, 0.717) is 11.4 Å². The molecule has 144 valence electrons. The van der Waals surface area contributed by atoms with E-state index in [2.05, 4.69) is 10.4 Å². The monoisotopic (exact) mass is 378 g/mol. The van der Waals surface area contributed by atoms with Crippen LogP contribution in [0, 0.1) is 24.0 Å². The Bertz CT molecular complexity index is 929. The zero-order valence-corrected chi connectivity index (χ0v) is 15.8. The minimum Gasteiger partial charge on any atom is -0.345 e.